The summed E-state index contributed by atoms with van der Waals surface area (Å²) >= 11 is 1.90. The lowest BCUT2D eigenvalue weighted by molar-refractivity contribution is 1.08. The van der Waals surface area contributed by atoms with Crippen LogP contribution in [0.4, 0.5) is 11.4 Å². The molecule has 1 radical (unpaired) electrons. The highest BCUT2D eigenvalue weighted by atomic mass is 127. The molecule has 0 aromatic heterocycles. The maximum atomic E-state index is 4.44. The van der Waals surface area contributed by atoms with Crippen LogP contribution in [0, 0.1) is 0 Å². The second-order valence-electron chi connectivity index (χ2n) is 5.16. The van der Waals surface area contributed by atoms with Crippen LogP contribution in [0.15, 0.2) is 71.3 Å². The molecule has 119 valence electrons. The first-order valence-corrected chi connectivity index (χ1v) is 8.34. The van der Waals surface area contributed by atoms with Gasteiger partial charge in [0, 0.05) is 17.5 Å². The van der Waals surface area contributed by atoms with Crippen LogP contribution in [0.2, 0.25) is 0 Å². The Bertz CT molecular complexity index is 725. The molecule has 0 spiro atoms. The zero-order valence-corrected chi connectivity index (χ0v) is 16.4. The number of halogens is 1. The summed E-state index contributed by atoms with van der Waals surface area (Å²) in [6, 6.07) is 16.6. The third-order valence-electron chi connectivity index (χ3n) is 3.61. The highest BCUT2D eigenvalue weighted by Crippen LogP contribution is 2.36. The van der Waals surface area contributed by atoms with Crippen molar-refractivity contribution in [2.75, 3.05) is 17.8 Å². The van der Waals surface area contributed by atoms with E-state index in [-0.39, 0.29) is 24.0 Å². The van der Waals surface area contributed by atoms with Crippen LogP contribution in [0.5, 0.6) is 0 Å². The number of hydrogen-bond acceptors (Lipinski definition) is 2. The van der Waals surface area contributed by atoms with Gasteiger partial charge in [-0.25, -0.2) is 5.32 Å². The predicted octanol–water partition coefficient (Wildman–Crippen LogP) is 5.66. The molecule has 2 aromatic carbocycles. The summed E-state index contributed by atoms with van der Waals surface area (Å²) < 4.78 is 0. The maximum Gasteiger partial charge on any atom is 0.0709 e. The number of anilines is 1. The number of para-hydroxylation sites is 2. The van der Waals surface area contributed by atoms with Gasteiger partial charge < -0.3 is 4.90 Å². The van der Waals surface area contributed by atoms with Crippen molar-refractivity contribution in [1.82, 2.24) is 5.32 Å². The zero-order valence-electron chi connectivity index (χ0n) is 13.3. The van der Waals surface area contributed by atoms with Gasteiger partial charge in [0.25, 0.3) is 0 Å². The summed E-state index contributed by atoms with van der Waals surface area (Å²) in [5.74, 6) is 1.10. The van der Waals surface area contributed by atoms with Gasteiger partial charge in [0.15, 0.2) is 0 Å². The summed E-state index contributed by atoms with van der Waals surface area (Å²) in [6.45, 7) is 2.00. The van der Waals surface area contributed by atoms with E-state index in [2.05, 4.69) is 53.7 Å². The molecule has 4 rings (SSSR count). The van der Waals surface area contributed by atoms with E-state index in [1.807, 2.05) is 49.0 Å². The van der Waals surface area contributed by atoms with Crippen molar-refractivity contribution in [3.8, 4) is 0 Å². The Kier molecular flexibility index (Phi) is 6.59. The Balaban J connectivity index is 0.000000162. The zero-order chi connectivity index (χ0) is 15.4. The van der Waals surface area contributed by atoms with E-state index in [0.29, 0.717) is 0 Å². The van der Waals surface area contributed by atoms with Gasteiger partial charge in [0.05, 0.1) is 22.9 Å². The first-order chi connectivity index (χ1) is 10.8. The minimum Gasteiger partial charge on any atom is -0.364 e. The molecule has 4 heteroatoms. The monoisotopic (exact) mass is 435 g/mol. The number of allylic oxidation sites excluding steroid dienone is 2. The van der Waals surface area contributed by atoms with Crippen LogP contribution < -0.4 is 10.2 Å². The second-order valence-corrected chi connectivity index (χ2v) is 6.14. The second kappa shape index (κ2) is 8.45. The maximum absolute atomic E-state index is 4.44. The van der Waals surface area contributed by atoms with Gasteiger partial charge in [-0.1, -0.05) is 42.5 Å². The van der Waals surface area contributed by atoms with Crippen molar-refractivity contribution >= 4 is 53.2 Å². The average molecular weight is 435 g/mol. The van der Waals surface area contributed by atoms with Gasteiger partial charge in [0.2, 0.25) is 0 Å². The van der Waals surface area contributed by atoms with Crippen molar-refractivity contribution in [2.45, 2.75) is 11.8 Å². The molecule has 23 heavy (non-hydrogen) atoms. The predicted molar refractivity (Wildman–Crippen MR) is 112 cm³/mol. The largest absolute Gasteiger partial charge is 0.364 e. The smallest absolute Gasteiger partial charge is 0.0709 e. The van der Waals surface area contributed by atoms with Crippen LogP contribution in [0.1, 0.15) is 12.5 Å². The van der Waals surface area contributed by atoms with Crippen LogP contribution in [0.3, 0.4) is 0 Å². The Hall–Kier alpha value is -1.40. The number of hydrogen-bond donors (Lipinski definition) is 0. The molecular weight excluding hydrogens is 415 g/mol. The standard InChI is InChI=1S/C11H10N.C8H9NS.HI/c1-2-10-8-7-9-5-3-4-6-11(9)12-10;1-9-6-10-8-5-3-2-4-7(8)9;/h2-8H,1H3;2-5H,6H2,1H3;1H. The summed E-state index contributed by atoms with van der Waals surface area (Å²) in [7, 11) is 2.12. The van der Waals surface area contributed by atoms with Gasteiger partial charge in [-0.3, -0.25) is 0 Å². The van der Waals surface area contributed by atoms with Gasteiger partial charge in [-0.2, -0.15) is 0 Å². The summed E-state index contributed by atoms with van der Waals surface area (Å²) in [5.41, 5.74) is 4.66. The molecule has 2 nitrogen and oxygen atoms in total. The molecule has 0 N–H and O–H groups in total. The molecule has 2 aliphatic rings. The fourth-order valence-corrected chi connectivity index (χ4v) is 3.39. The molecule has 0 fully saturated rings. The normalized spacial score (nSPS) is 15.7. The fourth-order valence-electron chi connectivity index (χ4n) is 2.37. The fraction of sp³-hybridized carbons (Fsp3) is 0.158. The van der Waals surface area contributed by atoms with E-state index in [1.54, 1.807) is 0 Å². The lowest BCUT2D eigenvalue weighted by Crippen LogP contribution is -2.10. The summed E-state index contributed by atoms with van der Waals surface area (Å²) in [4.78, 5) is 3.67. The van der Waals surface area contributed by atoms with Crippen molar-refractivity contribution in [3.05, 3.63) is 71.9 Å². The summed E-state index contributed by atoms with van der Waals surface area (Å²) in [5, 5.41) is 4.44. The number of benzene rings is 2. The van der Waals surface area contributed by atoms with Crippen LogP contribution in [-0.4, -0.2) is 12.9 Å². The Morgan fingerprint density at radius 2 is 1.78 bits per heavy atom. The lowest BCUT2D eigenvalue weighted by Gasteiger charge is -2.11. The van der Waals surface area contributed by atoms with Crippen molar-refractivity contribution in [2.24, 2.45) is 0 Å². The minimum absolute atomic E-state index is 0. The Labute approximate surface area is 159 Å². The molecule has 0 unspecified atom stereocenters. The van der Waals surface area contributed by atoms with E-state index in [0.717, 1.165) is 17.3 Å². The van der Waals surface area contributed by atoms with E-state index >= 15 is 0 Å². The van der Waals surface area contributed by atoms with Gasteiger partial charge >= 0.3 is 0 Å². The first-order valence-electron chi connectivity index (χ1n) is 7.36. The molecule has 2 aliphatic heterocycles. The van der Waals surface area contributed by atoms with E-state index in [9.17, 15) is 0 Å². The van der Waals surface area contributed by atoms with Gasteiger partial charge in [0.1, 0.15) is 0 Å². The molecule has 0 atom stereocenters. The molecule has 0 saturated heterocycles. The number of thioether (sulfide) groups is 1. The molecule has 0 bridgehead atoms. The highest BCUT2D eigenvalue weighted by Gasteiger charge is 2.13. The first kappa shape index (κ1) is 17.9. The van der Waals surface area contributed by atoms with Gasteiger partial charge in [-0.05, 0) is 31.2 Å². The Morgan fingerprint density at radius 3 is 2.57 bits per heavy atom. The Morgan fingerprint density at radius 1 is 1.04 bits per heavy atom. The number of rotatable bonds is 0. The molecule has 2 aromatic rings. The van der Waals surface area contributed by atoms with Crippen molar-refractivity contribution in [1.29, 1.82) is 0 Å². The average Bonchev–Trinajstić information content (AvgIpc) is 2.97. The van der Waals surface area contributed by atoms with Gasteiger partial charge in [-0.15, -0.1) is 35.7 Å². The molecular formula is C19H20IN2S. The topological polar surface area (TPSA) is 17.3 Å². The number of nitrogens with zero attached hydrogens (tertiary/aromatic N) is 2. The quantitative estimate of drug-likeness (QED) is 0.497. The van der Waals surface area contributed by atoms with E-state index in [1.165, 1.54) is 16.1 Å². The summed E-state index contributed by atoms with van der Waals surface area (Å²) in [6.07, 6.45) is 6.13. The lowest BCUT2D eigenvalue weighted by atomic mass is 10.1. The number of fused-ring (bicyclic) bond motifs is 2. The highest BCUT2D eigenvalue weighted by molar-refractivity contribution is 14.0. The molecule has 0 saturated carbocycles. The van der Waals surface area contributed by atoms with E-state index in [4.69, 9.17) is 0 Å². The molecule has 2 heterocycles. The van der Waals surface area contributed by atoms with Crippen molar-refractivity contribution < 1.29 is 0 Å². The third-order valence-corrected chi connectivity index (χ3v) is 4.78. The van der Waals surface area contributed by atoms with Crippen LogP contribution in [-0.2, 0) is 0 Å². The van der Waals surface area contributed by atoms with Crippen LogP contribution in [0.25, 0.3) is 6.08 Å². The minimum atomic E-state index is 0. The van der Waals surface area contributed by atoms with Crippen molar-refractivity contribution in [3.63, 3.8) is 0 Å². The van der Waals surface area contributed by atoms with E-state index < -0.39 is 0 Å². The molecule has 0 amide bonds. The van der Waals surface area contributed by atoms with Crippen LogP contribution >= 0.6 is 35.7 Å². The third kappa shape index (κ3) is 4.32. The SMILES string of the molecule is CC=C1C=Cc2ccccc2[N]1.CN1CSc2ccccc21.I. The molecule has 0 aliphatic carbocycles.